The van der Waals surface area contributed by atoms with Gasteiger partial charge in [0.05, 0.1) is 15.9 Å². The fraction of sp³-hybridized carbons (Fsp3) is 0.438. The number of hydrogen-bond donors (Lipinski definition) is 1. The Labute approximate surface area is 128 Å². The molecule has 106 valence electrons. The summed E-state index contributed by atoms with van der Waals surface area (Å²) in [6.45, 7) is 5.97. The minimum atomic E-state index is 0.602. The van der Waals surface area contributed by atoms with Gasteiger partial charge in [0.15, 0.2) is 0 Å². The summed E-state index contributed by atoms with van der Waals surface area (Å²) in [5.74, 6) is 0.675. The molecule has 3 nitrogen and oxygen atoms in total. The van der Waals surface area contributed by atoms with Crippen molar-refractivity contribution in [1.82, 2.24) is 15.1 Å². The predicted octanol–water partition coefficient (Wildman–Crippen LogP) is 3.62. The highest BCUT2D eigenvalue weighted by Crippen LogP contribution is 2.40. The Morgan fingerprint density at radius 3 is 2.80 bits per heavy atom. The van der Waals surface area contributed by atoms with Gasteiger partial charge < -0.3 is 5.32 Å². The van der Waals surface area contributed by atoms with Crippen LogP contribution in [0.15, 0.2) is 34.8 Å². The molecule has 2 unspecified atom stereocenters. The first-order valence-electron chi connectivity index (χ1n) is 7.20. The zero-order valence-corrected chi connectivity index (χ0v) is 13.5. The van der Waals surface area contributed by atoms with Crippen molar-refractivity contribution in [3.63, 3.8) is 0 Å². The molecule has 1 saturated carbocycles. The summed E-state index contributed by atoms with van der Waals surface area (Å²) >= 11 is 3.65. The molecular formula is C16H20BrN3. The summed E-state index contributed by atoms with van der Waals surface area (Å²) in [6, 6.07) is 11.4. The van der Waals surface area contributed by atoms with Crippen LogP contribution >= 0.6 is 15.9 Å². The summed E-state index contributed by atoms with van der Waals surface area (Å²) in [7, 11) is 0. The molecule has 0 radical (unpaired) electrons. The van der Waals surface area contributed by atoms with Gasteiger partial charge in [0, 0.05) is 25.0 Å². The maximum atomic E-state index is 4.53. The Morgan fingerprint density at radius 2 is 2.10 bits per heavy atom. The summed E-state index contributed by atoms with van der Waals surface area (Å²) in [4.78, 5) is 0. The van der Waals surface area contributed by atoms with E-state index in [4.69, 9.17) is 0 Å². The van der Waals surface area contributed by atoms with Crippen LogP contribution in [0.5, 0.6) is 0 Å². The lowest BCUT2D eigenvalue weighted by Crippen LogP contribution is -2.20. The molecule has 4 heteroatoms. The quantitative estimate of drug-likeness (QED) is 0.905. The summed E-state index contributed by atoms with van der Waals surface area (Å²) in [6.07, 6.45) is 1.24. The third kappa shape index (κ3) is 2.67. The second-order valence-electron chi connectivity index (χ2n) is 5.40. The van der Waals surface area contributed by atoms with Crippen LogP contribution in [-0.4, -0.2) is 15.8 Å². The molecule has 0 aliphatic heterocycles. The van der Waals surface area contributed by atoms with Crippen LogP contribution in [0.2, 0.25) is 0 Å². The number of rotatable bonds is 5. The molecule has 20 heavy (non-hydrogen) atoms. The van der Waals surface area contributed by atoms with Gasteiger partial charge in [-0.1, -0.05) is 30.3 Å². The fourth-order valence-corrected chi connectivity index (χ4v) is 3.18. The van der Waals surface area contributed by atoms with Crippen molar-refractivity contribution in [2.24, 2.45) is 0 Å². The van der Waals surface area contributed by atoms with E-state index in [2.05, 4.69) is 68.3 Å². The second-order valence-corrected chi connectivity index (χ2v) is 6.20. The van der Waals surface area contributed by atoms with E-state index in [9.17, 15) is 0 Å². The molecule has 1 aromatic carbocycles. The van der Waals surface area contributed by atoms with Crippen LogP contribution in [0.25, 0.3) is 0 Å². The SMILES string of the molecule is CCn1nc(C)c(Br)c1CNC1CC1c1ccccc1. The molecule has 1 fully saturated rings. The van der Waals surface area contributed by atoms with Crippen LogP contribution < -0.4 is 5.32 Å². The number of nitrogens with one attached hydrogen (secondary N) is 1. The van der Waals surface area contributed by atoms with Crippen LogP contribution in [0.1, 0.15) is 36.2 Å². The minimum Gasteiger partial charge on any atom is -0.308 e. The Bertz CT molecular complexity index is 591. The van der Waals surface area contributed by atoms with Crippen molar-refractivity contribution >= 4 is 15.9 Å². The van der Waals surface area contributed by atoms with Gasteiger partial charge >= 0.3 is 0 Å². The maximum absolute atomic E-state index is 4.53. The highest BCUT2D eigenvalue weighted by atomic mass is 79.9. The van der Waals surface area contributed by atoms with Gasteiger partial charge in [-0.15, -0.1) is 0 Å². The van der Waals surface area contributed by atoms with Crippen LogP contribution in [0.4, 0.5) is 0 Å². The number of aromatic nitrogens is 2. The summed E-state index contributed by atoms with van der Waals surface area (Å²) in [5.41, 5.74) is 3.77. The van der Waals surface area contributed by atoms with Gasteiger partial charge in [0.25, 0.3) is 0 Å². The normalized spacial score (nSPS) is 21.1. The van der Waals surface area contributed by atoms with Crippen molar-refractivity contribution in [2.75, 3.05) is 0 Å². The molecule has 0 saturated heterocycles. The van der Waals surface area contributed by atoms with E-state index in [1.54, 1.807) is 0 Å². The number of nitrogens with zero attached hydrogens (tertiary/aromatic N) is 2. The number of hydrogen-bond acceptors (Lipinski definition) is 2. The topological polar surface area (TPSA) is 29.9 Å². The van der Waals surface area contributed by atoms with Crippen LogP contribution in [0, 0.1) is 6.92 Å². The summed E-state index contributed by atoms with van der Waals surface area (Å²) in [5, 5.41) is 8.19. The first-order valence-corrected chi connectivity index (χ1v) is 8.00. The van der Waals surface area contributed by atoms with E-state index in [0.717, 1.165) is 23.3 Å². The Morgan fingerprint density at radius 1 is 1.35 bits per heavy atom. The van der Waals surface area contributed by atoms with Gasteiger partial charge in [-0.3, -0.25) is 4.68 Å². The largest absolute Gasteiger partial charge is 0.308 e. The maximum Gasteiger partial charge on any atom is 0.0739 e. The molecule has 1 aliphatic rings. The highest BCUT2D eigenvalue weighted by Gasteiger charge is 2.37. The second kappa shape index (κ2) is 5.70. The minimum absolute atomic E-state index is 0.602. The molecule has 1 N–H and O–H groups in total. The van der Waals surface area contributed by atoms with E-state index < -0.39 is 0 Å². The number of halogens is 1. The van der Waals surface area contributed by atoms with E-state index in [-0.39, 0.29) is 0 Å². The van der Waals surface area contributed by atoms with Crippen molar-refractivity contribution in [3.8, 4) is 0 Å². The molecule has 1 heterocycles. The fourth-order valence-electron chi connectivity index (χ4n) is 2.75. The van der Waals surface area contributed by atoms with Gasteiger partial charge in [-0.25, -0.2) is 0 Å². The lowest BCUT2D eigenvalue weighted by molar-refractivity contribution is 0.573. The molecule has 3 rings (SSSR count). The van der Waals surface area contributed by atoms with E-state index in [0.29, 0.717) is 12.0 Å². The third-order valence-corrected chi connectivity index (χ3v) is 5.03. The molecule has 0 bridgehead atoms. The van der Waals surface area contributed by atoms with Crippen molar-refractivity contribution in [2.45, 2.75) is 45.3 Å². The lowest BCUT2D eigenvalue weighted by atomic mass is 10.1. The van der Waals surface area contributed by atoms with E-state index in [1.165, 1.54) is 17.7 Å². The number of benzene rings is 1. The first-order chi connectivity index (χ1) is 9.70. The van der Waals surface area contributed by atoms with E-state index in [1.807, 2.05) is 6.92 Å². The molecule has 0 amide bonds. The van der Waals surface area contributed by atoms with Crippen molar-refractivity contribution in [1.29, 1.82) is 0 Å². The van der Waals surface area contributed by atoms with Crippen LogP contribution in [0.3, 0.4) is 0 Å². The Kier molecular flexibility index (Phi) is 3.94. The third-order valence-electron chi connectivity index (χ3n) is 4.00. The zero-order chi connectivity index (χ0) is 14.1. The van der Waals surface area contributed by atoms with Crippen molar-refractivity contribution in [3.05, 3.63) is 51.8 Å². The highest BCUT2D eigenvalue weighted by molar-refractivity contribution is 9.10. The molecule has 2 aromatic rings. The number of aryl methyl sites for hydroxylation is 2. The molecule has 2 atom stereocenters. The Hall–Kier alpha value is -1.13. The average Bonchev–Trinajstić information content (AvgIpc) is 3.20. The van der Waals surface area contributed by atoms with E-state index >= 15 is 0 Å². The van der Waals surface area contributed by atoms with Gasteiger partial charge in [0.2, 0.25) is 0 Å². The summed E-state index contributed by atoms with van der Waals surface area (Å²) < 4.78 is 3.22. The standard InChI is InChI=1S/C16H20BrN3/c1-3-20-15(16(17)11(2)19-20)10-18-14-9-13(14)12-7-5-4-6-8-12/h4-8,13-14,18H,3,9-10H2,1-2H3. The first kappa shape index (κ1) is 13.8. The predicted molar refractivity (Wildman–Crippen MR) is 84.8 cm³/mol. The lowest BCUT2D eigenvalue weighted by Gasteiger charge is -2.07. The zero-order valence-electron chi connectivity index (χ0n) is 11.9. The van der Waals surface area contributed by atoms with Gasteiger partial charge in [0.1, 0.15) is 0 Å². The van der Waals surface area contributed by atoms with Crippen molar-refractivity contribution < 1.29 is 0 Å². The van der Waals surface area contributed by atoms with Gasteiger partial charge in [-0.2, -0.15) is 5.10 Å². The molecule has 1 aromatic heterocycles. The molecular weight excluding hydrogens is 314 g/mol. The molecule has 1 aliphatic carbocycles. The van der Waals surface area contributed by atoms with Crippen LogP contribution in [-0.2, 0) is 13.1 Å². The Balaban J connectivity index is 1.62. The van der Waals surface area contributed by atoms with Gasteiger partial charge in [-0.05, 0) is 41.8 Å². The monoisotopic (exact) mass is 333 g/mol. The molecule has 0 spiro atoms. The smallest absolute Gasteiger partial charge is 0.0739 e. The average molecular weight is 334 g/mol.